The molecule has 1 fully saturated rings. The molecule has 1 aliphatic carbocycles. The zero-order valence-corrected chi connectivity index (χ0v) is 8.00. The second-order valence-electron chi connectivity index (χ2n) is 3.63. The summed E-state index contributed by atoms with van der Waals surface area (Å²) in [4.78, 5) is 13.1. The number of rotatable bonds is 2. The van der Waals surface area contributed by atoms with Crippen LogP contribution in [0.4, 0.5) is 0 Å². The van der Waals surface area contributed by atoms with Crippen molar-refractivity contribution in [3.8, 4) is 0 Å². The van der Waals surface area contributed by atoms with E-state index >= 15 is 0 Å². The lowest BCUT2D eigenvalue weighted by Gasteiger charge is -2.41. The second-order valence-corrected chi connectivity index (χ2v) is 3.63. The van der Waals surface area contributed by atoms with Gasteiger partial charge in [0.15, 0.2) is 5.60 Å². The van der Waals surface area contributed by atoms with Crippen molar-refractivity contribution >= 4 is 5.97 Å². The Kier molecular flexibility index (Phi) is 3.36. The van der Waals surface area contributed by atoms with Gasteiger partial charge in [0.2, 0.25) is 0 Å². The maximum absolute atomic E-state index is 10.8. The van der Waals surface area contributed by atoms with Crippen molar-refractivity contribution in [1.82, 2.24) is 0 Å². The predicted molar refractivity (Wildman–Crippen MR) is 48.2 cm³/mol. The van der Waals surface area contributed by atoms with E-state index in [1.165, 1.54) is 0 Å². The highest BCUT2D eigenvalue weighted by Crippen LogP contribution is 2.31. The lowest BCUT2D eigenvalue weighted by atomic mass is 9.76. The Morgan fingerprint density at radius 2 is 2.00 bits per heavy atom. The Labute approximate surface area is 89.2 Å². The molecule has 16 heavy (non-hydrogen) atoms. The number of hydrogen-bond acceptors (Lipinski definition) is 6. The summed E-state index contributed by atoms with van der Waals surface area (Å²) in [5, 5.41) is 49.5. The molecule has 0 radical (unpaired) electrons. The molecule has 9 nitrogen and oxygen atoms in total. The molecule has 1 saturated carbocycles. The van der Waals surface area contributed by atoms with Crippen LogP contribution in [0.15, 0.2) is 5.11 Å². The maximum atomic E-state index is 10.8. The number of nitrogens with zero attached hydrogens (tertiary/aromatic N) is 3. The van der Waals surface area contributed by atoms with E-state index in [9.17, 15) is 25.2 Å². The standard InChI is InChI=1S/C7H11N3O6/c8-10-9-3-4(12)2(11)1-7(16,5(3)13)6(14)15/h2-5,11-13,16H,1H2,(H,14,15)/t2-,3-,4+,5+,7-/m1/s1. The van der Waals surface area contributed by atoms with Gasteiger partial charge in [-0.25, -0.2) is 4.79 Å². The topological polar surface area (TPSA) is 167 Å². The molecular formula is C7H11N3O6. The van der Waals surface area contributed by atoms with E-state index < -0.39 is 42.3 Å². The summed E-state index contributed by atoms with van der Waals surface area (Å²) in [5.41, 5.74) is 5.53. The lowest BCUT2D eigenvalue weighted by molar-refractivity contribution is -0.200. The van der Waals surface area contributed by atoms with Crippen LogP contribution < -0.4 is 0 Å². The molecule has 0 bridgehead atoms. The van der Waals surface area contributed by atoms with Crippen molar-refractivity contribution in [2.45, 2.75) is 36.4 Å². The van der Waals surface area contributed by atoms with Gasteiger partial charge in [0.25, 0.3) is 0 Å². The van der Waals surface area contributed by atoms with E-state index in [1.807, 2.05) is 0 Å². The van der Waals surface area contributed by atoms with Crippen LogP contribution in [0.1, 0.15) is 6.42 Å². The largest absolute Gasteiger partial charge is 0.479 e. The van der Waals surface area contributed by atoms with Gasteiger partial charge in [-0.15, -0.1) is 0 Å². The Morgan fingerprint density at radius 3 is 2.44 bits per heavy atom. The van der Waals surface area contributed by atoms with Crippen LogP contribution in [0, 0.1) is 0 Å². The third kappa shape index (κ3) is 1.82. The van der Waals surface area contributed by atoms with Gasteiger partial charge in [0.1, 0.15) is 6.10 Å². The Bertz CT molecular complexity index is 343. The third-order valence-corrected chi connectivity index (χ3v) is 2.63. The molecule has 1 aliphatic rings. The Hall–Kier alpha value is -1.38. The lowest BCUT2D eigenvalue weighted by Crippen LogP contribution is -2.65. The highest BCUT2D eigenvalue weighted by Gasteiger charge is 2.55. The van der Waals surface area contributed by atoms with Crippen molar-refractivity contribution in [2.75, 3.05) is 0 Å². The van der Waals surface area contributed by atoms with Crippen LogP contribution in [0.2, 0.25) is 0 Å². The van der Waals surface area contributed by atoms with Gasteiger partial charge in [-0.05, 0) is 5.53 Å². The predicted octanol–water partition coefficient (Wildman–Crippen LogP) is -2.03. The SMILES string of the molecule is [N-]=[N+]=N[C@@H]1[C@@H](O)[C@H](O)C[C@](O)(C(=O)O)[C@H]1O. The molecule has 1 rings (SSSR count). The Balaban J connectivity index is 3.11. The first-order chi connectivity index (χ1) is 7.34. The monoisotopic (exact) mass is 233 g/mol. The summed E-state index contributed by atoms with van der Waals surface area (Å²) in [7, 11) is 0. The van der Waals surface area contributed by atoms with Crippen molar-refractivity contribution in [2.24, 2.45) is 5.11 Å². The number of aliphatic hydroxyl groups excluding tert-OH is 3. The molecular weight excluding hydrogens is 222 g/mol. The molecule has 5 atom stereocenters. The van der Waals surface area contributed by atoms with Gasteiger partial charge >= 0.3 is 5.97 Å². The number of hydrogen-bond donors (Lipinski definition) is 5. The summed E-state index contributed by atoms with van der Waals surface area (Å²) in [6.45, 7) is 0. The minimum absolute atomic E-state index is 0.748. The number of azide groups is 1. The zero-order valence-electron chi connectivity index (χ0n) is 8.00. The molecule has 0 spiro atoms. The molecule has 0 amide bonds. The van der Waals surface area contributed by atoms with Crippen molar-refractivity contribution in [3.05, 3.63) is 10.4 Å². The smallest absolute Gasteiger partial charge is 0.338 e. The van der Waals surface area contributed by atoms with E-state index in [4.69, 9.17) is 10.6 Å². The van der Waals surface area contributed by atoms with Crippen molar-refractivity contribution < 1.29 is 30.3 Å². The summed E-state index contributed by atoms with van der Waals surface area (Å²) < 4.78 is 0. The van der Waals surface area contributed by atoms with Crippen LogP contribution in [-0.4, -0.2) is 61.5 Å². The second kappa shape index (κ2) is 4.24. The molecule has 0 aromatic carbocycles. The summed E-state index contributed by atoms with van der Waals surface area (Å²) in [5.74, 6) is -1.76. The molecule has 0 aromatic rings. The maximum Gasteiger partial charge on any atom is 0.338 e. The number of aliphatic carboxylic acids is 1. The first kappa shape index (κ1) is 12.7. The van der Waals surface area contributed by atoms with Gasteiger partial charge in [-0.3, -0.25) is 0 Å². The molecule has 5 N–H and O–H groups in total. The fraction of sp³-hybridized carbons (Fsp3) is 0.857. The quantitative estimate of drug-likeness (QED) is 0.209. The number of aliphatic hydroxyl groups is 4. The molecule has 0 aromatic heterocycles. The number of carboxylic acid groups (broad SMARTS) is 1. The van der Waals surface area contributed by atoms with E-state index in [-0.39, 0.29) is 0 Å². The minimum atomic E-state index is -2.64. The minimum Gasteiger partial charge on any atom is -0.479 e. The summed E-state index contributed by atoms with van der Waals surface area (Å²) in [6.07, 6.45) is -5.95. The zero-order chi connectivity index (χ0) is 12.5. The van der Waals surface area contributed by atoms with E-state index in [2.05, 4.69) is 10.0 Å². The molecule has 90 valence electrons. The molecule has 0 saturated heterocycles. The highest BCUT2D eigenvalue weighted by atomic mass is 16.4. The van der Waals surface area contributed by atoms with Crippen LogP contribution >= 0.6 is 0 Å². The van der Waals surface area contributed by atoms with Crippen LogP contribution in [0.5, 0.6) is 0 Å². The van der Waals surface area contributed by atoms with Crippen LogP contribution in [-0.2, 0) is 4.79 Å². The third-order valence-electron chi connectivity index (χ3n) is 2.63. The molecule has 0 heterocycles. The first-order valence-electron chi connectivity index (χ1n) is 4.38. The van der Waals surface area contributed by atoms with Crippen molar-refractivity contribution in [1.29, 1.82) is 0 Å². The van der Waals surface area contributed by atoms with E-state index in [0.717, 1.165) is 0 Å². The van der Waals surface area contributed by atoms with Gasteiger partial charge in [0.05, 0.1) is 18.2 Å². The van der Waals surface area contributed by atoms with Crippen LogP contribution in [0.3, 0.4) is 0 Å². The normalized spacial score (nSPS) is 43.5. The fourth-order valence-electron chi connectivity index (χ4n) is 1.66. The number of carbonyl (C=O) groups is 1. The average molecular weight is 233 g/mol. The van der Waals surface area contributed by atoms with E-state index in [0.29, 0.717) is 0 Å². The summed E-state index contributed by atoms with van der Waals surface area (Å²) >= 11 is 0. The Morgan fingerprint density at radius 1 is 1.44 bits per heavy atom. The molecule has 0 aliphatic heterocycles. The van der Waals surface area contributed by atoms with Crippen molar-refractivity contribution in [3.63, 3.8) is 0 Å². The van der Waals surface area contributed by atoms with Gasteiger partial charge in [-0.1, -0.05) is 5.11 Å². The number of carboxylic acids is 1. The molecule has 9 heteroatoms. The van der Waals surface area contributed by atoms with Gasteiger partial charge in [-0.2, -0.15) is 0 Å². The highest BCUT2D eigenvalue weighted by molar-refractivity contribution is 5.78. The first-order valence-corrected chi connectivity index (χ1v) is 4.38. The average Bonchev–Trinajstić information content (AvgIpc) is 2.21. The fourth-order valence-corrected chi connectivity index (χ4v) is 1.66. The summed E-state index contributed by atoms with van der Waals surface area (Å²) in [6, 6.07) is -1.62. The van der Waals surface area contributed by atoms with Gasteiger partial charge in [0, 0.05) is 11.3 Å². The van der Waals surface area contributed by atoms with Gasteiger partial charge < -0.3 is 25.5 Å². The molecule has 0 unspecified atom stereocenters. The van der Waals surface area contributed by atoms with Crippen LogP contribution in [0.25, 0.3) is 10.4 Å². The van der Waals surface area contributed by atoms with E-state index in [1.54, 1.807) is 0 Å².